The number of cyclic esters (lactones) is 2. The number of esters is 2. The van der Waals surface area contributed by atoms with Crippen LogP contribution in [0.15, 0.2) is 35.4 Å². The fourth-order valence-electron chi connectivity index (χ4n) is 6.78. The number of carbonyl (C=O) groups is 2. The summed E-state index contributed by atoms with van der Waals surface area (Å²) in [5.41, 5.74) is 6.70. The minimum absolute atomic E-state index is 0.145. The predicted octanol–water partition coefficient (Wildman–Crippen LogP) is 4.88. The van der Waals surface area contributed by atoms with Crippen LogP contribution >= 0.6 is 7.26 Å². The van der Waals surface area contributed by atoms with Gasteiger partial charge in [-0.3, -0.25) is 0 Å². The van der Waals surface area contributed by atoms with Crippen molar-refractivity contribution in [2.24, 2.45) is 0 Å². The van der Waals surface area contributed by atoms with E-state index in [1.165, 1.54) is 67.5 Å². The van der Waals surface area contributed by atoms with Gasteiger partial charge in [-0.05, 0) is 0 Å². The van der Waals surface area contributed by atoms with Crippen molar-refractivity contribution in [3.05, 3.63) is 57.7 Å². The van der Waals surface area contributed by atoms with Gasteiger partial charge in [0, 0.05) is 0 Å². The fraction of sp³-hybridized carbons (Fsp3) is 0.600. The molecule has 5 rings (SSSR count). The minimum atomic E-state index is -1.31. The van der Waals surface area contributed by atoms with E-state index in [2.05, 4.69) is 35.8 Å². The van der Waals surface area contributed by atoms with Crippen molar-refractivity contribution in [1.29, 1.82) is 0 Å². The SMILES string of the molecule is CC/C(=C\C=C1/CCOC1=O)CCN1CCC[PH]2(CCCN(CCc3ccc4c(c3C)COC4=O)C2)C1. The van der Waals surface area contributed by atoms with Crippen LogP contribution in [0.5, 0.6) is 0 Å². The van der Waals surface area contributed by atoms with E-state index in [-0.39, 0.29) is 11.9 Å². The predicted molar refractivity (Wildman–Crippen MR) is 151 cm³/mol. The van der Waals surface area contributed by atoms with E-state index in [4.69, 9.17) is 9.47 Å². The Morgan fingerprint density at radius 2 is 1.78 bits per heavy atom. The summed E-state index contributed by atoms with van der Waals surface area (Å²) in [5, 5.41) is 0. The maximum absolute atomic E-state index is 11.9. The summed E-state index contributed by atoms with van der Waals surface area (Å²) in [5.74, 6) is -0.319. The molecule has 0 radical (unpaired) electrons. The zero-order valence-corrected chi connectivity index (χ0v) is 23.7. The molecular weight excluding hydrogens is 483 g/mol. The van der Waals surface area contributed by atoms with Crippen LogP contribution in [0.25, 0.3) is 0 Å². The molecule has 0 N–H and O–H groups in total. The molecule has 37 heavy (non-hydrogen) atoms. The third-order valence-corrected chi connectivity index (χ3v) is 14.1. The summed E-state index contributed by atoms with van der Waals surface area (Å²) in [4.78, 5) is 29.1. The molecule has 1 aromatic rings. The molecule has 6 nitrogen and oxygen atoms in total. The van der Waals surface area contributed by atoms with Crippen molar-refractivity contribution in [1.82, 2.24) is 9.80 Å². The van der Waals surface area contributed by atoms with Gasteiger partial charge in [-0.15, -0.1) is 0 Å². The van der Waals surface area contributed by atoms with Gasteiger partial charge in [0.25, 0.3) is 0 Å². The second kappa shape index (κ2) is 11.8. The topological polar surface area (TPSA) is 59.1 Å². The standard InChI is InChI=1S/C30H43N2O4P/c1-3-24(6-7-26-12-17-35-29(26)33)10-15-31-13-4-18-37(21-31)19-5-14-32(22-37)16-11-25-8-9-27-28(23(25)2)20-36-30(27)34/h6-9,37H,3-5,10-22H2,1-2H3/b24-6+,26-7+. The number of allylic oxidation sites excluding steroid dienone is 2. The number of fused-ring (bicyclic) bond motifs is 1. The molecule has 0 unspecified atom stereocenters. The fourth-order valence-corrected chi connectivity index (χ4v) is 12.1. The van der Waals surface area contributed by atoms with E-state index < -0.39 is 7.26 Å². The molecule has 0 saturated carbocycles. The van der Waals surface area contributed by atoms with Crippen molar-refractivity contribution in [2.75, 3.05) is 57.7 Å². The molecule has 7 heteroatoms. The molecule has 0 aromatic heterocycles. The zero-order chi connectivity index (χ0) is 25.8. The third-order valence-electron chi connectivity index (χ3n) is 9.05. The number of rotatable bonds is 8. The van der Waals surface area contributed by atoms with Crippen LogP contribution in [0.2, 0.25) is 0 Å². The quantitative estimate of drug-likeness (QED) is 0.273. The van der Waals surface area contributed by atoms with Crippen LogP contribution in [-0.4, -0.2) is 79.4 Å². The van der Waals surface area contributed by atoms with Gasteiger partial charge in [0.1, 0.15) is 0 Å². The molecule has 0 amide bonds. The molecule has 3 fully saturated rings. The first-order valence-corrected chi connectivity index (χ1v) is 17.1. The second-order valence-corrected chi connectivity index (χ2v) is 16.1. The number of benzene rings is 1. The van der Waals surface area contributed by atoms with Gasteiger partial charge < -0.3 is 0 Å². The molecule has 0 bridgehead atoms. The van der Waals surface area contributed by atoms with Crippen molar-refractivity contribution >= 4 is 19.2 Å². The van der Waals surface area contributed by atoms with Crippen molar-refractivity contribution in [2.45, 2.75) is 59.0 Å². The van der Waals surface area contributed by atoms with E-state index in [1.54, 1.807) is 0 Å². The van der Waals surface area contributed by atoms with Crippen LogP contribution in [0.1, 0.15) is 66.1 Å². The Bertz CT molecular complexity index is 1090. The monoisotopic (exact) mass is 526 g/mol. The Kier molecular flexibility index (Phi) is 8.48. The van der Waals surface area contributed by atoms with Crippen molar-refractivity contribution < 1.29 is 19.1 Å². The molecule has 4 heterocycles. The van der Waals surface area contributed by atoms with Gasteiger partial charge in [0.15, 0.2) is 0 Å². The summed E-state index contributed by atoms with van der Waals surface area (Å²) in [6.45, 7) is 10.0. The summed E-state index contributed by atoms with van der Waals surface area (Å²) < 4.78 is 10.3. The Labute approximate surface area is 222 Å². The Morgan fingerprint density at radius 3 is 2.49 bits per heavy atom. The molecule has 202 valence electrons. The van der Waals surface area contributed by atoms with Crippen LogP contribution in [0.4, 0.5) is 0 Å². The van der Waals surface area contributed by atoms with Gasteiger partial charge in [-0.1, -0.05) is 0 Å². The van der Waals surface area contributed by atoms with Crippen LogP contribution in [0.3, 0.4) is 0 Å². The first-order chi connectivity index (χ1) is 18.0. The number of carbonyl (C=O) groups excluding carboxylic acids is 2. The average molecular weight is 527 g/mol. The Morgan fingerprint density at radius 1 is 1.03 bits per heavy atom. The molecule has 1 spiro atoms. The van der Waals surface area contributed by atoms with Crippen LogP contribution in [0, 0.1) is 6.92 Å². The maximum atomic E-state index is 11.9. The number of hydrogen-bond acceptors (Lipinski definition) is 6. The molecule has 4 aliphatic heterocycles. The van der Waals surface area contributed by atoms with Crippen LogP contribution in [-0.2, 0) is 27.3 Å². The molecule has 4 aliphatic rings. The second-order valence-electron chi connectivity index (χ2n) is 11.5. The Hall–Kier alpha value is -2.01. The van der Waals surface area contributed by atoms with Crippen LogP contribution < -0.4 is 0 Å². The Balaban J connectivity index is 1.15. The number of nitrogens with zero attached hydrogens (tertiary/aromatic N) is 2. The number of ether oxygens (including phenoxy) is 2. The van der Waals surface area contributed by atoms with Crippen molar-refractivity contribution in [3.8, 4) is 0 Å². The van der Waals surface area contributed by atoms with Gasteiger partial charge >= 0.3 is 222 Å². The first kappa shape index (κ1) is 26.6. The zero-order valence-electron chi connectivity index (χ0n) is 22.7. The van der Waals surface area contributed by atoms with E-state index >= 15 is 0 Å². The van der Waals surface area contributed by atoms with Gasteiger partial charge in [-0.2, -0.15) is 0 Å². The van der Waals surface area contributed by atoms with Gasteiger partial charge in [-0.25, -0.2) is 0 Å². The molecule has 1 aromatic carbocycles. The van der Waals surface area contributed by atoms with Gasteiger partial charge in [0.05, 0.1) is 0 Å². The molecule has 0 aliphatic carbocycles. The first-order valence-electron chi connectivity index (χ1n) is 14.3. The van der Waals surface area contributed by atoms with E-state index in [1.807, 2.05) is 12.1 Å². The van der Waals surface area contributed by atoms with E-state index in [0.717, 1.165) is 55.5 Å². The van der Waals surface area contributed by atoms with Gasteiger partial charge in [0.2, 0.25) is 0 Å². The van der Waals surface area contributed by atoms with Crippen molar-refractivity contribution in [3.63, 3.8) is 0 Å². The summed E-state index contributed by atoms with van der Waals surface area (Å²) in [7, 11) is -1.31. The van der Waals surface area contributed by atoms with E-state index in [9.17, 15) is 9.59 Å². The summed E-state index contributed by atoms with van der Waals surface area (Å²) in [6.07, 6.45) is 16.4. The normalized spacial score (nSPS) is 24.4. The van der Waals surface area contributed by atoms with E-state index in [0.29, 0.717) is 13.2 Å². The average Bonchev–Trinajstić information content (AvgIpc) is 3.49. The molecule has 0 atom stereocenters. The number of hydrogen-bond donors (Lipinski definition) is 0. The molecule has 3 saturated heterocycles. The summed E-state index contributed by atoms with van der Waals surface area (Å²) >= 11 is 0. The third kappa shape index (κ3) is 6.19. The summed E-state index contributed by atoms with van der Waals surface area (Å²) in [6, 6.07) is 4.11. The molecular formula is C30H43N2O4P.